The molecule has 3 atom stereocenters. The normalized spacial score (nSPS) is 16.5. The van der Waals surface area contributed by atoms with E-state index in [0.717, 1.165) is 10.9 Å². The predicted octanol–water partition coefficient (Wildman–Crippen LogP) is 9.42. The van der Waals surface area contributed by atoms with Gasteiger partial charge in [0.05, 0.1) is 19.3 Å². The summed E-state index contributed by atoms with van der Waals surface area (Å²) in [5.41, 5.74) is 2.73. The van der Waals surface area contributed by atoms with E-state index < -0.39 is 0 Å². The molecule has 0 radical (unpaired) electrons. The third kappa shape index (κ3) is 10.8. The fourth-order valence-corrected chi connectivity index (χ4v) is 6.45. The van der Waals surface area contributed by atoms with Crippen LogP contribution in [-0.2, 0) is 9.60 Å². The summed E-state index contributed by atoms with van der Waals surface area (Å²) >= 11 is 9.85. The van der Waals surface area contributed by atoms with E-state index in [9.17, 15) is 0 Å². The Morgan fingerprint density at radius 1 is 1.06 bits per heavy atom. The molecular weight excluding hydrogens is 625 g/mol. The zero-order valence-electron chi connectivity index (χ0n) is 22.4. The van der Waals surface area contributed by atoms with Crippen molar-refractivity contribution in [3.8, 4) is 0 Å². The molecular formula is C27H41ClIN3O2S2. The first kappa shape index (κ1) is 33.7. The van der Waals surface area contributed by atoms with Crippen LogP contribution in [0.15, 0.2) is 59.8 Å². The van der Waals surface area contributed by atoms with Gasteiger partial charge in [0.15, 0.2) is 0 Å². The topological polar surface area (TPSA) is 53.9 Å². The van der Waals surface area contributed by atoms with Crippen LogP contribution in [0.5, 0.6) is 0 Å². The molecule has 0 spiro atoms. The molecule has 2 aromatic rings. The van der Waals surface area contributed by atoms with Gasteiger partial charge in [0.1, 0.15) is 6.10 Å². The third-order valence-corrected chi connectivity index (χ3v) is 8.41. The van der Waals surface area contributed by atoms with Crippen molar-refractivity contribution < 1.29 is 4.18 Å². The Morgan fingerprint density at radius 3 is 2.03 bits per heavy atom. The summed E-state index contributed by atoms with van der Waals surface area (Å²) in [5, 5.41) is 3.04. The molecule has 0 aromatic heterocycles. The Kier molecular flexibility index (Phi) is 16.9. The van der Waals surface area contributed by atoms with Gasteiger partial charge in [0, 0.05) is 43.7 Å². The average molecular weight is 666 g/mol. The highest BCUT2D eigenvalue weighted by Gasteiger charge is 2.45. The van der Waals surface area contributed by atoms with Gasteiger partial charge >= 0.3 is 0 Å². The Hall–Kier alpha value is -0.360. The zero-order valence-corrected chi connectivity index (χ0v) is 27.0. The number of halogens is 2. The molecule has 3 rings (SSSR count). The summed E-state index contributed by atoms with van der Waals surface area (Å²) < 4.78 is 12.1. The minimum atomic E-state index is -0.0361. The lowest BCUT2D eigenvalue weighted by molar-refractivity contribution is 0.131. The van der Waals surface area contributed by atoms with Gasteiger partial charge in [-0.2, -0.15) is 4.91 Å². The SMILES string of the molecule is CC(C)C.CC(NSI)[C@@H](OSN(C)C(C)C1(c2ccc(Cl)cc2)CCC1)c1ccccc1.CN=O. The number of nitroso groups, excluding NO2 is 1. The molecule has 9 heteroatoms. The van der Waals surface area contributed by atoms with Crippen molar-refractivity contribution in [2.75, 3.05) is 14.1 Å². The van der Waals surface area contributed by atoms with E-state index >= 15 is 0 Å². The van der Waals surface area contributed by atoms with Crippen LogP contribution < -0.4 is 4.72 Å². The highest BCUT2D eigenvalue weighted by molar-refractivity contribution is 14.2. The van der Waals surface area contributed by atoms with Crippen molar-refractivity contribution in [1.82, 2.24) is 9.03 Å². The van der Waals surface area contributed by atoms with E-state index in [2.05, 4.69) is 113 Å². The van der Waals surface area contributed by atoms with Crippen molar-refractivity contribution in [1.29, 1.82) is 0 Å². The summed E-state index contributed by atoms with van der Waals surface area (Å²) in [7, 11) is 4.93. The largest absolute Gasteiger partial charge is 0.291 e. The van der Waals surface area contributed by atoms with Crippen LogP contribution in [-0.4, -0.2) is 30.5 Å². The maximum absolute atomic E-state index is 8.56. The van der Waals surface area contributed by atoms with E-state index in [1.807, 2.05) is 18.2 Å². The maximum Gasteiger partial charge on any atom is 0.115 e. The molecule has 0 heterocycles. The van der Waals surface area contributed by atoms with Gasteiger partial charge in [-0.25, -0.2) is 9.03 Å². The van der Waals surface area contributed by atoms with E-state index in [1.165, 1.54) is 49.7 Å². The van der Waals surface area contributed by atoms with E-state index in [4.69, 9.17) is 20.7 Å². The summed E-state index contributed by atoms with van der Waals surface area (Å²) in [6.07, 6.45) is 3.64. The molecule has 0 bridgehead atoms. The van der Waals surface area contributed by atoms with Crippen LogP contribution >= 0.6 is 54.2 Å². The van der Waals surface area contributed by atoms with Gasteiger partial charge in [-0.1, -0.05) is 86.4 Å². The van der Waals surface area contributed by atoms with Crippen LogP contribution in [0, 0.1) is 10.8 Å². The molecule has 5 nitrogen and oxygen atoms in total. The summed E-state index contributed by atoms with van der Waals surface area (Å²) in [4.78, 5) is 8.56. The highest BCUT2D eigenvalue weighted by Crippen LogP contribution is 2.49. The first-order valence-corrected chi connectivity index (χ1v) is 16.7. The number of hydrogen-bond donors (Lipinski definition) is 1. The second-order valence-electron chi connectivity index (χ2n) is 9.64. The van der Waals surface area contributed by atoms with Crippen LogP contribution in [0.25, 0.3) is 0 Å². The minimum absolute atomic E-state index is 0.0361. The molecule has 36 heavy (non-hydrogen) atoms. The monoisotopic (exact) mass is 665 g/mol. The number of rotatable bonds is 10. The number of benzene rings is 2. The molecule has 1 N–H and O–H groups in total. The summed E-state index contributed by atoms with van der Waals surface area (Å²) in [6, 6.07) is 19.4. The number of nitrogens with one attached hydrogen (secondary N) is 1. The number of hydrogen-bond acceptors (Lipinski definition) is 7. The molecule has 1 aliphatic rings. The lowest BCUT2D eigenvalue weighted by atomic mass is 9.60. The van der Waals surface area contributed by atoms with Gasteiger partial charge in [-0.15, -0.1) is 0 Å². The molecule has 0 saturated heterocycles. The van der Waals surface area contributed by atoms with E-state index in [0.29, 0.717) is 6.04 Å². The molecule has 1 fully saturated rings. The molecule has 1 saturated carbocycles. The van der Waals surface area contributed by atoms with E-state index in [-0.39, 0.29) is 17.6 Å². The summed E-state index contributed by atoms with van der Waals surface area (Å²) in [6.45, 7) is 11.0. The Morgan fingerprint density at radius 2 is 1.58 bits per heavy atom. The highest BCUT2D eigenvalue weighted by atomic mass is 127. The Labute approximate surface area is 244 Å². The Bertz CT molecular complexity index is 855. The smallest absolute Gasteiger partial charge is 0.115 e. The molecule has 0 amide bonds. The van der Waals surface area contributed by atoms with Crippen molar-refractivity contribution in [2.45, 2.75) is 77.5 Å². The fourth-order valence-electron chi connectivity index (χ4n) is 4.02. The van der Waals surface area contributed by atoms with Crippen molar-refractivity contribution in [3.05, 3.63) is 75.7 Å². The summed E-state index contributed by atoms with van der Waals surface area (Å²) in [5.74, 6) is 0.833. The third-order valence-electron chi connectivity index (χ3n) is 6.09. The van der Waals surface area contributed by atoms with Gasteiger partial charge < -0.3 is 0 Å². The lowest BCUT2D eigenvalue weighted by Crippen LogP contribution is -2.50. The predicted molar refractivity (Wildman–Crippen MR) is 169 cm³/mol. The number of likely N-dealkylation sites (N-methyl/N-ethyl adjacent to an activating group) is 1. The van der Waals surface area contributed by atoms with Gasteiger partial charge in [-0.05, 0) is 72.0 Å². The van der Waals surface area contributed by atoms with Gasteiger partial charge in [0.2, 0.25) is 0 Å². The van der Waals surface area contributed by atoms with Gasteiger partial charge in [0.25, 0.3) is 0 Å². The first-order chi connectivity index (χ1) is 17.1. The van der Waals surface area contributed by atoms with Crippen LogP contribution in [0.4, 0.5) is 0 Å². The standard InChI is InChI=1S/C22H28ClIN2OS2.C4H10.CH3NO/c1-16(25-28-24)21(18-8-5-4-6-9-18)27-29-26(3)17(2)22(14-7-15-22)19-10-12-20(23)13-11-19;1-4(2)3;1-2-3/h4-6,8-13,16-17,21,25H,7,14-15H2,1-3H3;4H,1-3H3;1H3/t16?,17?,21-;;/m1../s1. The molecule has 2 unspecified atom stereocenters. The Balaban J connectivity index is 0.000000825. The van der Waals surface area contributed by atoms with Crippen LogP contribution in [0.2, 0.25) is 5.02 Å². The van der Waals surface area contributed by atoms with Gasteiger partial charge in [-0.3, -0.25) is 4.18 Å². The molecule has 0 aliphatic heterocycles. The van der Waals surface area contributed by atoms with E-state index in [1.54, 1.807) is 9.12 Å². The lowest BCUT2D eigenvalue weighted by Gasteiger charge is -2.49. The molecule has 1 aliphatic carbocycles. The second kappa shape index (κ2) is 18.0. The minimum Gasteiger partial charge on any atom is -0.291 e. The second-order valence-corrected chi connectivity index (χ2v) is 12.7. The number of nitrogens with zero attached hydrogens (tertiary/aromatic N) is 2. The van der Waals surface area contributed by atoms with Crippen molar-refractivity contribution in [3.63, 3.8) is 0 Å². The quantitative estimate of drug-likeness (QED) is 0.118. The zero-order chi connectivity index (χ0) is 27.1. The van der Waals surface area contributed by atoms with Crippen LogP contribution in [0.1, 0.15) is 71.1 Å². The fraction of sp³-hybridized carbons (Fsp3) is 0.556. The van der Waals surface area contributed by atoms with Crippen molar-refractivity contribution in [2.24, 2.45) is 11.1 Å². The molecule has 2 aromatic carbocycles. The first-order valence-electron chi connectivity index (χ1n) is 12.2. The van der Waals surface area contributed by atoms with Crippen LogP contribution in [0.3, 0.4) is 0 Å². The maximum atomic E-state index is 8.56. The molecule has 202 valence electrons. The average Bonchev–Trinajstić information content (AvgIpc) is 2.80. The van der Waals surface area contributed by atoms with Crippen molar-refractivity contribution >= 4 is 54.2 Å².